The van der Waals surface area contributed by atoms with Gasteiger partial charge in [-0.2, -0.15) is 0 Å². The highest BCUT2D eigenvalue weighted by Gasteiger charge is 2.24. The lowest BCUT2D eigenvalue weighted by molar-refractivity contribution is -0.352. The molecule has 0 rings (SSSR count). The van der Waals surface area contributed by atoms with E-state index >= 15 is 0 Å². The average Bonchev–Trinajstić information content (AvgIpc) is 2.00. The molecule has 0 aromatic rings. The van der Waals surface area contributed by atoms with E-state index in [1.165, 1.54) is 0 Å². The van der Waals surface area contributed by atoms with Gasteiger partial charge >= 0.3 is 18.2 Å². The summed E-state index contributed by atoms with van der Waals surface area (Å²) in [6, 6.07) is 0. The summed E-state index contributed by atoms with van der Waals surface area (Å²) >= 11 is 0. The van der Waals surface area contributed by atoms with E-state index in [1.807, 2.05) is 14.1 Å². The number of rotatable bonds is 4. The van der Waals surface area contributed by atoms with Gasteiger partial charge in [0.15, 0.2) is 0 Å². The van der Waals surface area contributed by atoms with Crippen LogP contribution in [0.25, 0.3) is 0 Å². The first kappa shape index (κ1) is 9.95. The van der Waals surface area contributed by atoms with Crippen molar-refractivity contribution >= 4 is 18.2 Å². The zero-order valence-electron chi connectivity index (χ0n) is 7.10. The maximum atomic E-state index is 7.62. The van der Waals surface area contributed by atoms with Crippen LogP contribution in [0.4, 0.5) is 0 Å². The quantitative estimate of drug-likeness (QED) is 0.388. The van der Waals surface area contributed by atoms with Crippen molar-refractivity contribution in [3.8, 4) is 0 Å². The Morgan fingerprint density at radius 1 is 1.10 bits per heavy atom. The zero-order chi connectivity index (χ0) is 8.15. The highest BCUT2D eigenvalue weighted by molar-refractivity contribution is 6.58. The first-order valence-corrected chi connectivity index (χ1v) is 7.97. The highest BCUT2D eigenvalue weighted by atomic mass is 28.4. The third-order valence-corrected chi connectivity index (χ3v) is 7.69. The number of hydrogen-bond donors (Lipinski definition) is 3. The van der Waals surface area contributed by atoms with E-state index in [4.69, 9.17) is 5.53 Å². The monoisotopic (exact) mass is 177 g/mol. The van der Waals surface area contributed by atoms with Crippen LogP contribution in [0.1, 0.15) is 0 Å². The molecule has 0 aromatic heterocycles. The van der Waals surface area contributed by atoms with Crippen LogP contribution in [0.5, 0.6) is 0 Å². The normalized spacial score (nSPS) is 16.4. The van der Waals surface area contributed by atoms with E-state index in [-0.39, 0.29) is 0 Å². The molecule has 0 saturated carbocycles. The Bertz CT molecular complexity index is 106. The van der Waals surface area contributed by atoms with Gasteiger partial charge in [0.2, 0.25) is 0 Å². The summed E-state index contributed by atoms with van der Waals surface area (Å²) < 4.78 is 1.75. The summed E-state index contributed by atoms with van der Waals surface area (Å²) in [7, 11) is 1.65. The molecule has 3 N–H and O–H groups in total. The van der Waals surface area contributed by atoms with Crippen molar-refractivity contribution in [3.63, 3.8) is 0 Å². The summed E-state index contributed by atoms with van der Waals surface area (Å²) in [6.07, 6.45) is 0. The SMILES string of the molecule is CN[SiH](C)[N+](=N)[SiH](C)NC. The molecular formula is C4H17N4Si2+. The van der Waals surface area contributed by atoms with E-state index < -0.39 is 18.2 Å². The third-order valence-electron chi connectivity index (χ3n) is 1.67. The predicted octanol–water partition coefficient (Wildman–Crippen LogP) is -0.831. The van der Waals surface area contributed by atoms with Crippen molar-refractivity contribution in [1.29, 1.82) is 5.53 Å². The molecule has 0 spiro atoms. The number of hydrogen-bond acceptors (Lipinski definition) is 3. The molecule has 4 nitrogen and oxygen atoms in total. The standard InChI is InChI=1S/C4H17N4Si2/c1-6-9(3)8(5)10(4)7-2/h5-7,9-10H,1-4H3/q+1. The highest BCUT2D eigenvalue weighted by Crippen LogP contribution is 1.82. The van der Waals surface area contributed by atoms with Crippen LogP contribution in [0.15, 0.2) is 0 Å². The lowest BCUT2D eigenvalue weighted by atomic mass is 11.6. The Hall–Kier alpha value is -0.0462. The van der Waals surface area contributed by atoms with E-state index in [1.54, 1.807) is 4.03 Å². The second-order valence-electron chi connectivity index (χ2n) is 2.34. The van der Waals surface area contributed by atoms with E-state index in [9.17, 15) is 0 Å². The fraction of sp³-hybridized carbons (Fsp3) is 1.00. The minimum atomic E-state index is -1.10. The number of nitrogens with one attached hydrogen (secondary N) is 3. The first-order valence-electron chi connectivity index (χ1n) is 3.47. The fourth-order valence-corrected chi connectivity index (χ4v) is 4.75. The van der Waals surface area contributed by atoms with Crippen molar-refractivity contribution in [3.05, 3.63) is 0 Å². The smallest absolute Gasteiger partial charge is 0.288 e. The molecule has 0 heterocycles. The van der Waals surface area contributed by atoms with Crippen LogP contribution in [-0.4, -0.2) is 36.4 Å². The summed E-state index contributed by atoms with van der Waals surface area (Å²) in [4.78, 5) is 6.30. The number of nitrogens with zero attached hydrogens (tertiary/aromatic N) is 1. The summed E-state index contributed by atoms with van der Waals surface area (Å²) in [6.45, 7) is 4.24. The average molecular weight is 177 g/mol. The molecule has 60 valence electrons. The van der Waals surface area contributed by atoms with Gasteiger partial charge in [-0.15, -0.1) is 5.53 Å². The fourth-order valence-electron chi connectivity index (χ4n) is 0.614. The second kappa shape index (κ2) is 4.72. The molecule has 0 fully saturated rings. The van der Waals surface area contributed by atoms with Crippen LogP contribution in [0.3, 0.4) is 0 Å². The maximum Gasteiger partial charge on any atom is 0.425 e. The lowest BCUT2D eigenvalue weighted by Gasteiger charge is -2.08. The minimum absolute atomic E-state index is 1.10. The Balaban J connectivity index is 3.82. The molecule has 0 bridgehead atoms. The predicted molar refractivity (Wildman–Crippen MR) is 47.1 cm³/mol. The lowest BCUT2D eigenvalue weighted by Crippen LogP contribution is -2.50. The van der Waals surface area contributed by atoms with Crippen LogP contribution in [0, 0.1) is 5.53 Å². The molecule has 2 unspecified atom stereocenters. The summed E-state index contributed by atoms with van der Waals surface area (Å²) in [5, 5.41) is 0. The van der Waals surface area contributed by atoms with Crippen LogP contribution >= 0.6 is 0 Å². The van der Waals surface area contributed by atoms with E-state index in [0.717, 1.165) is 0 Å². The Morgan fingerprint density at radius 2 is 1.40 bits per heavy atom. The van der Waals surface area contributed by atoms with Crippen molar-refractivity contribution in [2.45, 2.75) is 13.1 Å². The molecule has 0 radical (unpaired) electrons. The molecule has 0 aromatic carbocycles. The van der Waals surface area contributed by atoms with Gasteiger partial charge in [-0.05, 0) is 14.1 Å². The van der Waals surface area contributed by atoms with Crippen LogP contribution < -0.4 is 9.96 Å². The van der Waals surface area contributed by atoms with Gasteiger partial charge in [0, 0.05) is 13.1 Å². The maximum absolute atomic E-state index is 7.62. The molecule has 0 aliphatic heterocycles. The summed E-state index contributed by atoms with van der Waals surface area (Å²) in [5.74, 6) is 0. The first-order chi connectivity index (χ1) is 4.63. The van der Waals surface area contributed by atoms with Crippen molar-refractivity contribution in [2.75, 3.05) is 14.1 Å². The van der Waals surface area contributed by atoms with Crippen LogP contribution in [0.2, 0.25) is 13.1 Å². The molecule has 0 saturated heterocycles. The second-order valence-corrected chi connectivity index (χ2v) is 7.90. The Morgan fingerprint density at radius 3 is 1.60 bits per heavy atom. The van der Waals surface area contributed by atoms with Gasteiger partial charge in [-0.3, -0.25) is 14.0 Å². The third kappa shape index (κ3) is 2.69. The van der Waals surface area contributed by atoms with Crippen molar-refractivity contribution < 1.29 is 4.03 Å². The van der Waals surface area contributed by atoms with Gasteiger partial charge in [-0.1, -0.05) is 0 Å². The Kier molecular flexibility index (Phi) is 4.70. The van der Waals surface area contributed by atoms with Gasteiger partial charge < -0.3 is 0 Å². The van der Waals surface area contributed by atoms with E-state index in [0.29, 0.717) is 0 Å². The van der Waals surface area contributed by atoms with Gasteiger partial charge in [0.05, 0.1) is 0 Å². The topological polar surface area (TPSA) is 50.9 Å². The Labute approximate surface area is 65.7 Å². The van der Waals surface area contributed by atoms with Gasteiger partial charge in [0.25, 0.3) is 0 Å². The van der Waals surface area contributed by atoms with Crippen LogP contribution in [-0.2, 0) is 0 Å². The van der Waals surface area contributed by atoms with E-state index in [2.05, 4.69) is 23.1 Å². The molecule has 2 atom stereocenters. The zero-order valence-corrected chi connectivity index (χ0v) is 9.41. The molecule has 6 heteroatoms. The minimum Gasteiger partial charge on any atom is -0.288 e. The molecule has 10 heavy (non-hydrogen) atoms. The molecule has 0 aliphatic carbocycles. The van der Waals surface area contributed by atoms with Crippen molar-refractivity contribution in [2.24, 2.45) is 0 Å². The molecule has 0 amide bonds. The largest absolute Gasteiger partial charge is 0.425 e. The molecule has 0 aliphatic rings. The van der Waals surface area contributed by atoms with Crippen molar-refractivity contribution in [1.82, 2.24) is 9.96 Å². The van der Waals surface area contributed by atoms with Gasteiger partial charge in [-0.25, -0.2) is 0 Å². The van der Waals surface area contributed by atoms with Gasteiger partial charge in [0.1, 0.15) is 0 Å². The molecular weight excluding hydrogens is 160 g/mol. The summed E-state index contributed by atoms with van der Waals surface area (Å²) in [5.41, 5.74) is 7.62.